The average Bonchev–Trinajstić information content (AvgIpc) is 3.28. The van der Waals surface area contributed by atoms with Gasteiger partial charge in [0.25, 0.3) is 6.17 Å². The molecule has 0 spiro atoms. The molecule has 1 heterocycles. The van der Waals surface area contributed by atoms with Crippen molar-refractivity contribution in [1.29, 1.82) is 0 Å². The Balaban J connectivity index is 1.64. The molecule has 0 saturated heterocycles. The number of aryl methyl sites for hydroxylation is 3. The van der Waals surface area contributed by atoms with Crippen LogP contribution in [0.5, 0.6) is 5.75 Å². The first-order valence-corrected chi connectivity index (χ1v) is 11.4. The molecule has 1 amide bonds. The van der Waals surface area contributed by atoms with Crippen LogP contribution in [0.2, 0.25) is 0 Å². The van der Waals surface area contributed by atoms with Gasteiger partial charge in [0.1, 0.15) is 17.7 Å². The second-order valence-electron chi connectivity index (χ2n) is 7.92. The van der Waals surface area contributed by atoms with Crippen molar-refractivity contribution < 1.29 is 13.6 Å². The molecular formula is C25H26N5O2S+. The van der Waals surface area contributed by atoms with Crippen LogP contribution >= 0.6 is 11.9 Å². The normalized spacial score (nSPS) is 15.8. The van der Waals surface area contributed by atoms with E-state index in [1.165, 1.54) is 11.9 Å². The predicted molar refractivity (Wildman–Crippen MR) is 129 cm³/mol. The number of methoxy groups -OCH3 is 1. The SMILES string of the molecule is COc1ccc(C)cc1NC(=O)C(S[N+]1=NN=NC1c1cc(C)ccc1C)c1ccccc1. The highest BCUT2D eigenvalue weighted by Gasteiger charge is 2.36. The number of rotatable bonds is 7. The lowest BCUT2D eigenvalue weighted by molar-refractivity contribution is -0.464. The quantitative estimate of drug-likeness (QED) is 0.323. The number of nitrogens with zero attached hydrogens (tertiary/aromatic N) is 4. The van der Waals surface area contributed by atoms with E-state index in [4.69, 9.17) is 4.74 Å². The fourth-order valence-electron chi connectivity index (χ4n) is 3.62. The molecule has 0 radical (unpaired) electrons. The number of anilines is 1. The van der Waals surface area contributed by atoms with Crippen molar-refractivity contribution in [2.45, 2.75) is 32.2 Å². The van der Waals surface area contributed by atoms with E-state index in [1.807, 2.05) is 69.3 Å². The van der Waals surface area contributed by atoms with Crippen LogP contribution in [0.4, 0.5) is 5.69 Å². The summed E-state index contributed by atoms with van der Waals surface area (Å²) in [5, 5.41) is 14.9. The lowest BCUT2D eigenvalue weighted by atomic mass is 10.0. The highest BCUT2D eigenvalue weighted by atomic mass is 32.2. The zero-order valence-electron chi connectivity index (χ0n) is 19.0. The molecule has 2 atom stereocenters. The standard InChI is InChI=1S/C25H25N5O2S/c1-16-10-12-18(3)20(14-16)24-27-28-29-30(24)33-23(19-8-6-5-7-9-19)25(31)26-21-15-17(2)11-13-22(21)32-4/h5-15,23-24H,1-4H3/p+1. The summed E-state index contributed by atoms with van der Waals surface area (Å²) < 4.78 is 7.14. The molecule has 0 aromatic heterocycles. The van der Waals surface area contributed by atoms with Crippen LogP contribution in [0.1, 0.15) is 39.2 Å². The van der Waals surface area contributed by atoms with Crippen molar-refractivity contribution in [3.63, 3.8) is 0 Å². The van der Waals surface area contributed by atoms with E-state index in [-0.39, 0.29) is 5.91 Å². The summed E-state index contributed by atoms with van der Waals surface area (Å²) in [6.07, 6.45) is -0.401. The second-order valence-corrected chi connectivity index (χ2v) is 8.98. The Morgan fingerprint density at radius 1 is 1.03 bits per heavy atom. The van der Waals surface area contributed by atoms with Crippen LogP contribution in [0.25, 0.3) is 0 Å². The van der Waals surface area contributed by atoms with E-state index in [9.17, 15) is 4.79 Å². The van der Waals surface area contributed by atoms with Crippen molar-refractivity contribution in [3.8, 4) is 5.75 Å². The number of hydrogen-bond donors (Lipinski definition) is 1. The lowest BCUT2D eigenvalue weighted by Crippen LogP contribution is -2.22. The third-order valence-corrected chi connectivity index (χ3v) is 6.56. The summed E-state index contributed by atoms with van der Waals surface area (Å²) in [4.78, 5) is 13.5. The van der Waals surface area contributed by atoms with Gasteiger partial charge in [0.2, 0.25) is 11.1 Å². The highest BCUT2D eigenvalue weighted by Crippen LogP contribution is 2.39. The fourth-order valence-corrected chi connectivity index (χ4v) is 4.61. The van der Waals surface area contributed by atoms with Crippen LogP contribution in [0.3, 0.4) is 0 Å². The molecule has 168 valence electrons. The molecule has 0 aliphatic carbocycles. The molecule has 3 aromatic rings. The molecule has 2 unspecified atom stereocenters. The van der Waals surface area contributed by atoms with E-state index in [2.05, 4.69) is 39.1 Å². The number of carbonyl (C=O) groups is 1. The van der Waals surface area contributed by atoms with Gasteiger partial charge in [-0.25, -0.2) is 0 Å². The predicted octanol–water partition coefficient (Wildman–Crippen LogP) is 6.49. The van der Waals surface area contributed by atoms with E-state index in [0.29, 0.717) is 11.4 Å². The van der Waals surface area contributed by atoms with Crippen LogP contribution in [0, 0.1) is 20.8 Å². The first-order valence-electron chi connectivity index (χ1n) is 10.6. The van der Waals surface area contributed by atoms with Gasteiger partial charge in [0.15, 0.2) is 10.5 Å². The van der Waals surface area contributed by atoms with E-state index in [0.717, 1.165) is 27.8 Å². The highest BCUT2D eigenvalue weighted by molar-refractivity contribution is 7.94. The Kier molecular flexibility index (Phi) is 6.84. The maximum atomic E-state index is 13.5. The zero-order chi connectivity index (χ0) is 23.4. The summed E-state index contributed by atoms with van der Waals surface area (Å²) in [7, 11) is 1.59. The third kappa shape index (κ3) is 5.12. The summed E-state index contributed by atoms with van der Waals surface area (Å²) in [6.45, 7) is 6.05. The molecular weight excluding hydrogens is 434 g/mol. The van der Waals surface area contributed by atoms with Crippen molar-refractivity contribution in [1.82, 2.24) is 0 Å². The van der Waals surface area contributed by atoms with Crippen molar-refractivity contribution in [2.75, 3.05) is 12.4 Å². The topological polar surface area (TPSA) is 78.4 Å². The molecule has 1 aliphatic heterocycles. The third-order valence-electron chi connectivity index (χ3n) is 5.38. The van der Waals surface area contributed by atoms with Gasteiger partial charge >= 0.3 is 0 Å². The van der Waals surface area contributed by atoms with Gasteiger partial charge < -0.3 is 10.1 Å². The van der Waals surface area contributed by atoms with E-state index < -0.39 is 11.4 Å². The Hall–Kier alpha value is -3.52. The summed E-state index contributed by atoms with van der Waals surface area (Å²) in [5.74, 6) is 0.423. The molecule has 33 heavy (non-hydrogen) atoms. The minimum absolute atomic E-state index is 0.183. The second kappa shape index (κ2) is 9.95. The van der Waals surface area contributed by atoms with Crippen LogP contribution in [-0.2, 0) is 4.79 Å². The molecule has 0 fully saturated rings. The number of amides is 1. The maximum absolute atomic E-state index is 13.5. The van der Waals surface area contributed by atoms with Gasteiger partial charge in [-0.1, -0.05) is 58.2 Å². The maximum Gasteiger partial charge on any atom is 0.290 e. The first-order chi connectivity index (χ1) is 16.0. The smallest absolute Gasteiger partial charge is 0.290 e. The van der Waals surface area contributed by atoms with Crippen LogP contribution < -0.4 is 10.1 Å². The molecule has 0 saturated carbocycles. The Bertz CT molecular complexity index is 1230. The van der Waals surface area contributed by atoms with Gasteiger partial charge in [0.05, 0.1) is 12.8 Å². The Morgan fingerprint density at radius 2 is 1.76 bits per heavy atom. The Labute approximate surface area is 197 Å². The number of carbonyl (C=O) groups excluding carboxylic acids is 1. The molecule has 3 aromatic carbocycles. The number of hydrogen-bond acceptors (Lipinski definition) is 6. The Morgan fingerprint density at radius 3 is 2.52 bits per heavy atom. The summed E-state index contributed by atoms with van der Waals surface area (Å²) in [5.41, 5.74) is 5.75. The minimum Gasteiger partial charge on any atom is -0.495 e. The van der Waals surface area contributed by atoms with Crippen molar-refractivity contribution >= 4 is 23.5 Å². The molecule has 4 rings (SSSR count). The van der Waals surface area contributed by atoms with Gasteiger partial charge in [-0.3, -0.25) is 4.79 Å². The summed E-state index contributed by atoms with van der Waals surface area (Å²) >= 11 is 1.29. The van der Waals surface area contributed by atoms with Gasteiger partial charge in [-0.05, 0) is 55.7 Å². The zero-order valence-corrected chi connectivity index (χ0v) is 19.8. The first kappa shape index (κ1) is 22.7. The minimum atomic E-state index is -0.573. The van der Waals surface area contributed by atoms with E-state index >= 15 is 0 Å². The lowest BCUT2D eigenvalue weighted by Gasteiger charge is -2.18. The number of benzene rings is 3. The van der Waals surface area contributed by atoms with E-state index in [1.54, 1.807) is 11.2 Å². The average molecular weight is 461 g/mol. The fraction of sp³-hybridized carbons (Fsp3) is 0.240. The number of ether oxygens (including phenoxy) is 1. The van der Waals surface area contributed by atoms with Crippen LogP contribution in [-0.4, -0.2) is 17.1 Å². The molecule has 1 aliphatic rings. The summed E-state index contributed by atoms with van der Waals surface area (Å²) in [6, 6.07) is 21.5. The van der Waals surface area contributed by atoms with Gasteiger partial charge in [0, 0.05) is 10.7 Å². The van der Waals surface area contributed by atoms with Crippen LogP contribution in [0.15, 0.2) is 82.3 Å². The molecule has 7 nitrogen and oxygen atoms in total. The molecule has 1 N–H and O–H groups in total. The molecule has 0 bridgehead atoms. The molecule has 8 heteroatoms. The van der Waals surface area contributed by atoms with Crippen molar-refractivity contribution in [2.24, 2.45) is 15.6 Å². The number of nitrogens with one attached hydrogen (secondary N) is 1. The monoisotopic (exact) mass is 460 g/mol. The largest absolute Gasteiger partial charge is 0.495 e. The van der Waals surface area contributed by atoms with Gasteiger partial charge in [-0.2, -0.15) is 0 Å². The van der Waals surface area contributed by atoms with Gasteiger partial charge in [-0.15, -0.1) is 0 Å². The van der Waals surface area contributed by atoms with Crippen molar-refractivity contribution in [3.05, 3.63) is 94.5 Å².